The van der Waals surface area contributed by atoms with Gasteiger partial charge in [0.1, 0.15) is 17.3 Å². The first-order valence-corrected chi connectivity index (χ1v) is 11.3. The van der Waals surface area contributed by atoms with Gasteiger partial charge in [-0.1, -0.05) is 17.7 Å². The lowest BCUT2D eigenvalue weighted by atomic mass is 9.94. The number of benzene rings is 3. The van der Waals surface area contributed by atoms with Crippen LogP contribution in [0.5, 0.6) is 23.0 Å². The van der Waals surface area contributed by atoms with Crippen LogP contribution in [0.4, 0.5) is 10.1 Å². The molecule has 3 aromatic carbocycles. The summed E-state index contributed by atoms with van der Waals surface area (Å²) >= 11 is 6.24. The minimum atomic E-state index is -1.17. The zero-order valence-electron chi connectivity index (χ0n) is 20.4. The third kappa shape index (κ3) is 4.53. The maximum absolute atomic E-state index is 14.2. The Morgan fingerprint density at radius 3 is 2.08 bits per heavy atom. The highest BCUT2D eigenvalue weighted by atomic mass is 35.5. The molecule has 8 nitrogen and oxygen atoms in total. The van der Waals surface area contributed by atoms with Crippen molar-refractivity contribution in [1.29, 1.82) is 0 Å². The Bertz CT molecular complexity index is 1400. The van der Waals surface area contributed by atoms with E-state index in [0.717, 1.165) is 11.0 Å². The molecule has 0 aromatic heterocycles. The van der Waals surface area contributed by atoms with Crippen molar-refractivity contribution in [1.82, 2.24) is 0 Å². The van der Waals surface area contributed by atoms with Crippen LogP contribution in [0.3, 0.4) is 0 Å². The first-order valence-electron chi connectivity index (χ1n) is 11.0. The predicted octanol–water partition coefficient (Wildman–Crippen LogP) is 5.14. The van der Waals surface area contributed by atoms with Crippen LogP contribution < -0.4 is 23.8 Å². The highest BCUT2D eigenvalue weighted by Crippen LogP contribution is 2.47. The number of Topliss-reactive ketones (excluding diaryl/α,β-unsaturated/α-hetero) is 1. The molecule has 1 unspecified atom stereocenters. The number of methoxy groups -OCH3 is 4. The fourth-order valence-corrected chi connectivity index (χ4v) is 4.53. The first kappa shape index (κ1) is 25.8. The highest BCUT2D eigenvalue weighted by Gasteiger charge is 2.47. The summed E-state index contributed by atoms with van der Waals surface area (Å²) in [6.45, 7) is 0. The van der Waals surface area contributed by atoms with Gasteiger partial charge in [0.15, 0.2) is 11.5 Å². The maximum atomic E-state index is 14.2. The Hall–Kier alpha value is -4.24. The number of aliphatic hydroxyl groups is 1. The largest absolute Gasteiger partial charge is 0.507 e. The van der Waals surface area contributed by atoms with E-state index in [1.165, 1.54) is 64.8 Å². The van der Waals surface area contributed by atoms with Gasteiger partial charge in [-0.15, -0.1) is 0 Å². The molecule has 1 N–H and O–H groups in total. The molecular formula is C27H23ClFNO7. The number of ketones is 1. The Kier molecular flexibility index (Phi) is 7.26. The van der Waals surface area contributed by atoms with E-state index >= 15 is 0 Å². The Morgan fingerprint density at radius 1 is 0.892 bits per heavy atom. The lowest BCUT2D eigenvalue weighted by Crippen LogP contribution is -2.29. The topological polar surface area (TPSA) is 94.5 Å². The van der Waals surface area contributed by atoms with Crippen molar-refractivity contribution in [3.05, 3.63) is 82.1 Å². The van der Waals surface area contributed by atoms with Crippen LogP contribution >= 0.6 is 11.6 Å². The van der Waals surface area contributed by atoms with E-state index in [1.807, 2.05) is 0 Å². The summed E-state index contributed by atoms with van der Waals surface area (Å²) in [6, 6.07) is 11.6. The summed E-state index contributed by atoms with van der Waals surface area (Å²) in [5.41, 5.74) is 0.414. The molecule has 10 heteroatoms. The average molecular weight is 528 g/mol. The van der Waals surface area contributed by atoms with Crippen molar-refractivity contribution in [2.45, 2.75) is 6.04 Å². The normalized spacial score (nSPS) is 16.6. The number of nitrogens with zero attached hydrogens (tertiary/aromatic N) is 1. The first-order chi connectivity index (χ1) is 17.7. The van der Waals surface area contributed by atoms with Crippen LogP contribution in [-0.4, -0.2) is 45.2 Å². The summed E-state index contributed by atoms with van der Waals surface area (Å²) in [4.78, 5) is 27.8. The van der Waals surface area contributed by atoms with E-state index in [0.29, 0.717) is 17.1 Å². The molecule has 0 aliphatic carbocycles. The molecule has 37 heavy (non-hydrogen) atoms. The molecule has 1 heterocycles. The Balaban J connectivity index is 2.02. The second kappa shape index (κ2) is 10.4. The van der Waals surface area contributed by atoms with Gasteiger partial charge in [0.25, 0.3) is 11.7 Å². The predicted molar refractivity (Wildman–Crippen MR) is 135 cm³/mol. The van der Waals surface area contributed by atoms with E-state index < -0.39 is 29.3 Å². The maximum Gasteiger partial charge on any atom is 0.300 e. The lowest BCUT2D eigenvalue weighted by Gasteiger charge is -2.26. The van der Waals surface area contributed by atoms with Crippen molar-refractivity contribution in [2.24, 2.45) is 0 Å². The fraction of sp³-hybridized carbons (Fsp3) is 0.185. The van der Waals surface area contributed by atoms with E-state index in [1.54, 1.807) is 12.1 Å². The van der Waals surface area contributed by atoms with Crippen molar-refractivity contribution in [3.63, 3.8) is 0 Å². The number of carbonyl (C=O) groups excluding carboxylic acids is 2. The van der Waals surface area contributed by atoms with Gasteiger partial charge in [0.2, 0.25) is 5.75 Å². The van der Waals surface area contributed by atoms with Crippen molar-refractivity contribution >= 4 is 34.7 Å². The number of hydrogen-bond donors (Lipinski definition) is 1. The van der Waals surface area contributed by atoms with Crippen LogP contribution in [0.1, 0.15) is 17.2 Å². The molecule has 0 radical (unpaired) electrons. The number of carbonyl (C=O) groups is 2. The van der Waals surface area contributed by atoms with E-state index in [-0.39, 0.29) is 33.3 Å². The minimum Gasteiger partial charge on any atom is -0.507 e. The standard InChI is InChI=1S/C27H23ClFNO7/c1-34-19-9-8-14(10-18(19)28)24(31)22-23(15-11-20(35-2)26(37-4)21(12-15)36-3)30(27(33)25(22)32)17-7-5-6-16(29)13-17/h5-13,23,31H,1-4H3/b24-22+. The Morgan fingerprint density at radius 2 is 1.54 bits per heavy atom. The van der Waals surface area contributed by atoms with Gasteiger partial charge in [-0.05, 0) is 54.1 Å². The van der Waals surface area contributed by atoms with Gasteiger partial charge in [-0.2, -0.15) is 0 Å². The number of anilines is 1. The smallest absolute Gasteiger partial charge is 0.300 e. The number of rotatable bonds is 7. The van der Waals surface area contributed by atoms with Crippen LogP contribution in [0.2, 0.25) is 5.02 Å². The van der Waals surface area contributed by atoms with Crippen LogP contribution in [0.15, 0.2) is 60.2 Å². The zero-order valence-corrected chi connectivity index (χ0v) is 21.1. The molecule has 1 saturated heterocycles. The summed E-state index contributed by atoms with van der Waals surface area (Å²) < 4.78 is 35.6. The van der Waals surface area contributed by atoms with Gasteiger partial charge in [0, 0.05) is 11.3 Å². The molecule has 0 bridgehead atoms. The summed E-state index contributed by atoms with van der Waals surface area (Å²) in [6.07, 6.45) is 0. The molecule has 4 rings (SSSR count). The van der Waals surface area contributed by atoms with E-state index in [4.69, 9.17) is 30.5 Å². The van der Waals surface area contributed by atoms with Crippen LogP contribution in [-0.2, 0) is 9.59 Å². The minimum absolute atomic E-state index is 0.118. The molecule has 0 saturated carbocycles. The monoisotopic (exact) mass is 527 g/mol. The molecular weight excluding hydrogens is 505 g/mol. The quantitative estimate of drug-likeness (QED) is 0.258. The third-order valence-electron chi connectivity index (χ3n) is 5.96. The summed E-state index contributed by atoms with van der Waals surface area (Å²) in [7, 11) is 5.72. The highest BCUT2D eigenvalue weighted by molar-refractivity contribution is 6.51. The molecule has 1 aliphatic rings. The second-order valence-electron chi connectivity index (χ2n) is 7.96. The molecule has 1 fully saturated rings. The van der Waals surface area contributed by atoms with Crippen molar-refractivity contribution < 1.29 is 38.0 Å². The SMILES string of the molecule is COc1ccc(/C(O)=C2\C(=O)C(=O)N(c3cccc(F)c3)C2c2cc(OC)c(OC)c(OC)c2)cc1Cl. The molecule has 0 spiro atoms. The number of hydrogen-bond acceptors (Lipinski definition) is 7. The number of aliphatic hydroxyl groups excluding tert-OH is 1. The van der Waals surface area contributed by atoms with E-state index in [2.05, 4.69) is 0 Å². The molecule has 3 aromatic rings. The van der Waals surface area contributed by atoms with Crippen LogP contribution in [0.25, 0.3) is 5.76 Å². The number of amides is 1. The van der Waals surface area contributed by atoms with Crippen LogP contribution in [0, 0.1) is 5.82 Å². The van der Waals surface area contributed by atoms with Gasteiger partial charge in [-0.25, -0.2) is 4.39 Å². The molecule has 192 valence electrons. The second-order valence-corrected chi connectivity index (χ2v) is 8.36. The lowest BCUT2D eigenvalue weighted by molar-refractivity contribution is -0.132. The van der Waals surface area contributed by atoms with Gasteiger partial charge in [-0.3, -0.25) is 14.5 Å². The zero-order chi connectivity index (χ0) is 26.9. The molecule has 1 aliphatic heterocycles. The van der Waals surface area contributed by atoms with Gasteiger partial charge < -0.3 is 24.1 Å². The molecule has 1 atom stereocenters. The fourth-order valence-electron chi connectivity index (χ4n) is 4.27. The summed E-state index contributed by atoms with van der Waals surface area (Å²) in [5, 5.41) is 11.5. The van der Waals surface area contributed by atoms with Gasteiger partial charge in [0.05, 0.1) is 45.1 Å². The van der Waals surface area contributed by atoms with Crippen molar-refractivity contribution in [2.75, 3.05) is 33.3 Å². The number of halogens is 2. The van der Waals surface area contributed by atoms with Crippen molar-refractivity contribution in [3.8, 4) is 23.0 Å². The van der Waals surface area contributed by atoms with Gasteiger partial charge >= 0.3 is 0 Å². The summed E-state index contributed by atoms with van der Waals surface area (Å²) in [5.74, 6) is -1.83. The Labute approximate surface area is 217 Å². The third-order valence-corrected chi connectivity index (χ3v) is 6.25. The molecule has 1 amide bonds. The van der Waals surface area contributed by atoms with E-state index in [9.17, 15) is 19.1 Å². The average Bonchev–Trinajstić information content (AvgIpc) is 3.17. The number of ether oxygens (including phenoxy) is 4.